The highest BCUT2D eigenvalue weighted by atomic mass is 32.1. The molecule has 0 radical (unpaired) electrons. The van der Waals surface area contributed by atoms with Gasteiger partial charge in [-0.1, -0.05) is 6.07 Å². The van der Waals surface area contributed by atoms with Gasteiger partial charge in [0.2, 0.25) is 0 Å². The molecule has 0 aliphatic heterocycles. The van der Waals surface area contributed by atoms with Crippen molar-refractivity contribution < 1.29 is 18.7 Å². The van der Waals surface area contributed by atoms with Crippen molar-refractivity contribution in [3.63, 3.8) is 0 Å². The second-order valence-corrected chi connectivity index (χ2v) is 7.16. The quantitative estimate of drug-likeness (QED) is 0.857. The summed E-state index contributed by atoms with van der Waals surface area (Å²) in [4.78, 5) is 25.1. The van der Waals surface area contributed by atoms with Gasteiger partial charge >= 0.3 is 0 Å². The summed E-state index contributed by atoms with van der Waals surface area (Å²) in [5.41, 5.74) is 7.67. The third kappa shape index (κ3) is 3.82. The van der Waals surface area contributed by atoms with Crippen molar-refractivity contribution in [2.75, 3.05) is 11.9 Å². The summed E-state index contributed by atoms with van der Waals surface area (Å²) in [6.07, 6.45) is 3.76. The lowest BCUT2D eigenvalue weighted by Gasteiger charge is -2.11. The van der Waals surface area contributed by atoms with E-state index in [-0.39, 0.29) is 12.4 Å². The van der Waals surface area contributed by atoms with E-state index in [2.05, 4.69) is 5.32 Å². The highest BCUT2D eigenvalue weighted by Crippen LogP contribution is 2.37. The normalized spacial score (nSPS) is 13.2. The summed E-state index contributed by atoms with van der Waals surface area (Å²) in [6, 6.07) is 4.44. The Kier molecular flexibility index (Phi) is 5.03. The average molecular weight is 362 g/mol. The molecule has 0 fully saturated rings. The van der Waals surface area contributed by atoms with Crippen molar-refractivity contribution in [1.29, 1.82) is 0 Å². The topological polar surface area (TPSA) is 81.4 Å². The van der Waals surface area contributed by atoms with E-state index >= 15 is 0 Å². The van der Waals surface area contributed by atoms with Gasteiger partial charge in [0.1, 0.15) is 5.00 Å². The van der Waals surface area contributed by atoms with Gasteiger partial charge in [0.05, 0.1) is 5.56 Å². The number of fused-ring (bicyclic) bond motifs is 1. The Balaban J connectivity index is 1.72. The Morgan fingerprint density at radius 1 is 1.32 bits per heavy atom. The van der Waals surface area contributed by atoms with Gasteiger partial charge in [0.15, 0.2) is 18.2 Å². The molecule has 0 atom stereocenters. The number of nitrogens with one attached hydrogen (secondary N) is 1. The molecular formula is C18H19FN2O3S. The number of nitrogens with two attached hydrogens (primary N) is 1. The van der Waals surface area contributed by atoms with Crippen LogP contribution >= 0.6 is 11.3 Å². The molecule has 0 spiro atoms. The molecule has 1 aliphatic carbocycles. The number of anilines is 1. The Morgan fingerprint density at radius 2 is 2.08 bits per heavy atom. The first-order valence-electron chi connectivity index (χ1n) is 8.09. The number of carbonyl (C=O) groups excluding carboxylic acids is 2. The van der Waals surface area contributed by atoms with Gasteiger partial charge in [0, 0.05) is 4.88 Å². The number of thiophene rings is 1. The van der Waals surface area contributed by atoms with Crippen LogP contribution in [0.5, 0.6) is 5.75 Å². The summed E-state index contributed by atoms with van der Waals surface area (Å²) in [5, 5.41) is 3.14. The van der Waals surface area contributed by atoms with E-state index in [0.29, 0.717) is 10.6 Å². The molecule has 132 valence electrons. The minimum atomic E-state index is -0.541. The van der Waals surface area contributed by atoms with E-state index in [1.54, 1.807) is 6.07 Å². The highest BCUT2D eigenvalue weighted by molar-refractivity contribution is 7.17. The zero-order valence-electron chi connectivity index (χ0n) is 13.9. The van der Waals surface area contributed by atoms with E-state index in [1.165, 1.54) is 23.5 Å². The van der Waals surface area contributed by atoms with E-state index in [0.717, 1.165) is 41.7 Å². The van der Waals surface area contributed by atoms with Gasteiger partial charge in [-0.2, -0.15) is 0 Å². The molecular weight excluding hydrogens is 343 g/mol. The first-order valence-corrected chi connectivity index (χ1v) is 8.90. The van der Waals surface area contributed by atoms with Crippen LogP contribution in [0.2, 0.25) is 0 Å². The van der Waals surface area contributed by atoms with Crippen LogP contribution in [0.15, 0.2) is 18.2 Å². The van der Waals surface area contributed by atoms with Crippen LogP contribution in [-0.4, -0.2) is 18.4 Å². The molecule has 3 N–H and O–H groups in total. The van der Waals surface area contributed by atoms with Crippen molar-refractivity contribution in [3.8, 4) is 5.75 Å². The fourth-order valence-electron chi connectivity index (χ4n) is 2.94. The maximum atomic E-state index is 13.7. The van der Waals surface area contributed by atoms with Crippen molar-refractivity contribution >= 4 is 28.2 Å². The molecule has 1 heterocycles. The van der Waals surface area contributed by atoms with Crippen molar-refractivity contribution in [3.05, 3.63) is 45.6 Å². The molecule has 0 unspecified atom stereocenters. The number of ether oxygens (including phenoxy) is 1. The number of halogens is 1. The third-order valence-corrected chi connectivity index (χ3v) is 5.32. The van der Waals surface area contributed by atoms with E-state index in [9.17, 15) is 14.0 Å². The minimum absolute atomic E-state index is 0.0238. The molecule has 2 aromatic rings. The molecule has 0 saturated heterocycles. The molecule has 5 nitrogen and oxygen atoms in total. The van der Waals surface area contributed by atoms with Gasteiger partial charge < -0.3 is 15.8 Å². The van der Waals surface area contributed by atoms with Gasteiger partial charge in [-0.05, 0) is 55.9 Å². The van der Waals surface area contributed by atoms with Gasteiger partial charge in [0.25, 0.3) is 11.8 Å². The van der Waals surface area contributed by atoms with Crippen molar-refractivity contribution in [2.24, 2.45) is 5.73 Å². The minimum Gasteiger partial charge on any atom is -0.481 e. The Hall–Kier alpha value is -2.41. The van der Waals surface area contributed by atoms with E-state index in [1.807, 2.05) is 6.92 Å². The molecule has 3 rings (SSSR count). The maximum absolute atomic E-state index is 13.7. The molecule has 1 aromatic heterocycles. The smallest absolute Gasteiger partial charge is 0.262 e. The second kappa shape index (κ2) is 7.23. The van der Waals surface area contributed by atoms with E-state index in [4.69, 9.17) is 10.5 Å². The SMILES string of the molecule is Cc1ccc(F)c(OCC(=O)Nc2sc3c(c2C(N)=O)CCCC3)c1. The van der Waals surface area contributed by atoms with Gasteiger partial charge in [-0.3, -0.25) is 9.59 Å². The number of hydrogen-bond donors (Lipinski definition) is 2. The van der Waals surface area contributed by atoms with Crippen LogP contribution in [0.25, 0.3) is 0 Å². The number of hydrogen-bond acceptors (Lipinski definition) is 4. The third-order valence-electron chi connectivity index (χ3n) is 4.12. The summed E-state index contributed by atoms with van der Waals surface area (Å²) in [5.74, 6) is -1.50. The first kappa shape index (κ1) is 17.4. The molecule has 1 aliphatic rings. The standard InChI is InChI=1S/C18H19FN2O3S/c1-10-6-7-12(19)13(8-10)24-9-15(22)21-18-16(17(20)23)11-4-2-3-5-14(11)25-18/h6-8H,2-5,9H2,1H3,(H2,20,23)(H,21,22). The van der Waals surface area contributed by atoms with Crippen LogP contribution in [0, 0.1) is 12.7 Å². The van der Waals surface area contributed by atoms with Crippen LogP contribution < -0.4 is 15.8 Å². The highest BCUT2D eigenvalue weighted by Gasteiger charge is 2.25. The predicted octanol–water partition coefficient (Wildman–Crippen LogP) is 3.19. The predicted molar refractivity (Wildman–Crippen MR) is 94.7 cm³/mol. The number of rotatable bonds is 5. The van der Waals surface area contributed by atoms with Gasteiger partial charge in [-0.25, -0.2) is 4.39 Å². The largest absolute Gasteiger partial charge is 0.481 e. The molecule has 25 heavy (non-hydrogen) atoms. The summed E-state index contributed by atoms with van der Waals surface area (Å²) in [7, 11) is 0. The Labute approximate surface area is 149 Å². The zero-order chi connectivity index (χ0) is 18.0. The van der Waals surface area contributed by atoms with Crippen molar-refractivity contribution in [1.82, 2.24) is 0 Å². The molecule has 2 amide bonds. The molecule has 0 saturated carbocycles. The second-order valence-electron chi connectivity index (χ2n) is 6.05. The van der Waals surface area contributed by atoms with Gasteiger partial charge in [-0.15, -0.1) is 11.3 Å². The fourth-order valence-corrected chi connectivity index (χ4v) is 4.25. The van der Waals surface area contributed by atoms with Crippen LogP contribution in [0.3, 0.4) is 0 Å². The Bertz CT molecular complexity index is 832. The first-order chi connectivity index (χ1) is 12.0. The monoisotopic (exact) mass is 362 g/mol. The molecule has 7 heteroatoms. The zero-order valence-corrected chi connectivity index (χ0v) is 14.7. The lowest BCUT2D eigenvalue weighted by molar-refractivity contribution is -0.118. The number of amides is 2. The number of primary amides is 1. The lowest BCUT2D eigenvalue weighted by atomic mass is 9.95. The molecule has 0 bridgehead atoms. The van der Waals surface area contributed by atoms with Crippen LogP contribution in [-0.2, 0) is 17.6 Å². The molecule has 1 aromatic carbocycles. The van der Waals surface area contributed by atoms with Crippen LogP contribution in [0.4, 0.5) is 9.39 Å². The van der Waals surface area contributed by atoms with E-state index < -0.39 is 17.6 Å². The average Bonchev–Trinajstić information content (AvgIpc) is 2.93. The summed E-state index contributed by atoms with van der Waals surface area (Å²) in [6.45, 7) is 1.46. The number of aryl methyl sites for hydroxylation is 2. The number of benzene rings is 1. The summed E-state index contributed by atoms with van der Waals surface area (Å²) < 4.78 is 18.9. The number of carbonyl (C=O) groups is 2. The van der Waals surface area contributed by atoms with Crippen molar-refractivity contribution in [2.45, 2.75) is 32.6 Å². The maximum Gasteiger partial charge on any atom is 0.262 e. The fraction of sp³-hybridized carbons (Fsp3) is 0.333. The Morgan fingerprint density at radius 3 is 2.84 bits per heavy atom. The lowest BCUT2D eigenvalue weighted by Crippen LogP contribution is -2.22. The van der Waals surface area contributed by atoms with Crippen LogP contribution in [0.1, 0.15) is 39.2 Å². The summed E-state index contributed by atoms with van der Waals surface area (Å²) >= 11 is 1.38.